The van der Waals surface area contributed by atoms with Gasteiger partial charge in [0.25, 0.3) is 0 Å². The first-order valence-electron chi connectivity index (χ1n) is 6.43. The van der Waals surface area contributed by atoms with Gasteiger partial charge < -0.3 is 20.5 Å². The van der Waals surface area contributed by atoms with Crippen molar-refractivity contribution in [2.45, 2.75) is 26.8 Å². The van der Waals surface area contributed by atoms with Gasteiger partial charge in [0.15, 0.2) is 0 Å². The first-order chi connectivity index (χ1) is 8.05. The van der Waals surface area contributed by atoms with Crippen molar-refractivity contribution >= 4 is 0 Å². The van der Waals surface area contributed by atoms with Crippen molar-refractivity contribution in [1.29, 1.82) is 0 Å². The Bertz CT molecular complexity index is 249. The third kappa shape index (κ3) is 4.83. The van der Waals surface area contributed by atoms with Crippen LogP contribution in [0.1, 0.15) is 20.8 Å². The Morgan fingerprint density at radius 3 is 2.59 bits per heavy atom. The Kier molecular flexibility index (Phi) is 5.58. The van der Waals surface area contributed by atoms with Crippen molar-refractivity contribution < 1.29 is 0 Å². The molecule has 0 amide bonds. The van der Waals surface area contributed by atoms with Gasteiger partial charge in [-0.2, -0.15) is 0 Å². The lowest BCUT2D eigenvalue weighted by Gasteiger charge is -2.34. The van der Waals surface area contributed by atoms with Crippen LogP contribution < -0.4 is 10.7 Å². The highest BCUT2D eigenvalue weighted by atomic mass is 15.6. The fraction of sp³-hybridized carbons (Fsp3) is 0.833. The molecule has 1 heterocycles. The summed E-state index contributed by atoms with van der Waals surface area (Å²) in [6, 6.07) is 0.438. The number of nitrogens with zero attached hydrogens (tertiary/aromatic N) is 3. The lowest BCUT2D eigenvalue weighted by Crippen LogP contribution is -2.50. The molecule has 1 aliphatic heterocycles. The largest absolute Gasteiger partial charge is 0.366 e. The number of hydrogen-bond donors (Lipinski definition) is 2. The molecule has 0 bridgehead atoms. The van der Waals surface area contributed by atoms with Crippen molar-refractivity contribution in [2.24, 2.45) is 0 Å². The van der Waals surface area contributed by atoms with Crippen LogP contribution in [-0.2, 0) is 0 Å². The first-order valence-corrected chi connectivity index (χ1v) is 6.43. The SMILES string of the molecule is CCN(CC)CC(C)NC1=CN(C)CN(C)N1. The molecular formula is C12H27N5. The molecule has 5 heteroatoms. The summed E-state index contributed by atoms with van der Waals surface area (Å²) >= 11 is 0. The monoisotopic (exact) mass is 241 g/mol. The molecule has 0 aromatic rings. The summed E-state index contributed by atoms with van der Waals surface area (Å²) < 4.78 is 0. The lowest BCUT2D eigenvalue weighted by molar-refractivity contribution is 0.145. The summed E-state index contributed by atoms with van der Waals surface area (Å²) in [5.41, 5.74) is 3.31. The van der Waals surface area contributed by atoms with Crippen molar-refractivity contribution in [3.63, 3.8) is 0 Å². The van der Waals surface area contributed by atoms with Crippen LogP contribution in [0.4, 0.5) is 0 Å². The van der Waals surface area contributed by atoms with Crippen LogP contribution in [0.2, 0.25) is 0 Å². The Labute approximate surface area is 105 Å². The minimum Gasteiger partial charge on any atom is -0.366 e. The second kappa shape index (κ2) is 6.71. The standard InChI is InChI=1S/C12H27N5/c1-6-17(7-2)8-11(3)13-12-9-15(4)10-16(5)14-12/h9,11,13-14H,6-8,10H2,1-5H3. The van der Waals surface area contributed by atoms with Crippen LogP contribution in [-0.4, -0.2) is 61.2 Å². The molecule has 0 fully saturated rings. The minimum absolute atomic E-state index is 0.438. The second-order valence-electron chi connectivity index (χ2n) is 4.78. The zero-order chi connectivity index (χ0) is 12.8. The van der Waals surface area contributed by atoms with E-state index in [4.69, 9.17) is 0 Å². The number of nitrogens with one attached hydrogen (secondary N) is 2. The van der Waals surface area contributed by atoms with Gasteiger partial charge in [0, 0.05) is 32.9 Å². The molecule has 17 heavy (non-hydrogen) atoms. The van der Waals surface area contributed by atoms with Gasteiger partial charge in [-0.3, -0.25) is 0 Å². The van der Waals surface area contributed by atoms with Crippen LogP contribution in [0.25, 0.3) is 0 Å². The van der Waals surface area contributed by atoms with Crippen molar-refractivity contribution in [3.8, 4) is 0 Å². The molecular weight excluding hydrogens is 214 g/mol. The molecule has 100 valence electrons. The van der Waals surface area contributed by atoms with E-state index in [-0.39, 0.29) is 0 Å². The summed E-state index contributed by atoms with van der Waals surface area (Å²) in [5, 5.41) is 5.57. The summed E-state index contributed by atoms with van der Waals surface area (Å²) in [7, 11) is 4.12. The van der Waals surface area contributed by atoms with E-state index < -0.39 is 0 Å². The van der Waals surface area contributed by atoms with Crippen LogP contribution in [0, 0.1) is 0 Å². The summed E-state index contributed by atoms with van der Waals surface area (Å²) in [6.45, 7) is 10.8. The molecule has 1 atom stereocenters. The van der Waals surface area contributed by atoms with E-state index >= 15 is 0 Å². The predicted molar refractivity (Wildman–Crippen MR) is 72.0 cm³/mol. The topological polar surface area (TPSA) is 33.8 Å². The van der Waals surface area contributed by atoms with Gasteiger partial charge in [0.05, 0.1) is 6.67 Å². The maximum atomic E-state index is 3.50. The van der Waals surface area contributed by atoms with E-state index in [1.165, 1.54) is 0 Å². The predicted octanol–water partition coefficient (Wildman–Crippen LogP) is 0.445. The van der Waals surface area contributed by atoms with Crippen LogP contribution in [0.3, 0.4) is 0 Å². The van der Waals surface area contributed by atoms with Crippen molar-refractivity contribution in [1.82, 2.24) is 25.6 Å². The third-order valence-electron chi connectivity index (χ3n) is 2.92. The maximum absolute atomic E-state index is 3.50. The second-order valence-corrected chi connectivity index (χ2v) is 4.78. The van der Waals surface area contributed by atoms with E-state index in [0.29, 0.717) is 6.04 Å². The van der Waals surface area contributed by atoms with Crippen molar-refractivity contribution in [2.75, 3.05) is 40.4 Å². The average molecular weight is 241 g/mol. The number of hydrogen-bond acceptors (Lipinski definition) is 5. The Morgan fingerprint density at radius 1 is 1.41 bits per heavy atom. The zero-order valence-corrected chi connectivity index (χ0v) is 11.8. The van der Waals surface area contributed by atoms with E-state index in [0.717, 1.165) is 32.1 Å². The maximum Gasteiger partial charge on any atom is 0.130 e. The van der Waals surface area contributed by atoms with Gasteiger partial charge in [-0.1, -0.05) is 13.8 Å². The molecule has 1 unspecified atom stereocenters. The summed E-state index contributed by atoms with van der Waals surface area (Å²) in [5.74, 6) is 1.07. The lowest BCUT2D eigenvalue weighted by atomic mass is 10.3. The molecule has 1 rings (SSSR count). The average Bonchev–Trinajstić information content (AvgIpc) is 2.24. The molecule has 0 radical (unpaired) electrons. The minimum atomic E-state index is 0.438. The van der Waals surface area contributed by atoms with Crippen LogP contribution in [0.15, 0.2) is 12.0 Å². The highest BCUT2D eigenvalue weighted by molar-refractivity contribution is 4.99. The molecule has 0 saturated carbocycles. The van der Waals surface area contributed by atoms with E-state index in [1.54, 1.807) is 0 Å². The van der Waals surface area contributed by atoms with Crippen LogP contribution in [0.5, 0.6) is 0 Å². The van der Waals surface area contributed by atoms with Crippen molar-refractivity contribution in [3.05, 3.63) is 12.0 Å². The fourth-order valence-electron chi connectivity index (χ4n) is 2.12. The Hall–Kier alpha value is -0.940. The van der Waals surface area contributed by atoms with E-state index in [9.17, 15) is 0 Å². The zero-order valence-electron chi connectivity index (χ0n) is 11.8. The summed E-state index contributed by atoms with van der Waals surface area (Å²) in [4.78, 5) is 4.58. The molecule has 0 saturated heterocycles. The van der Waals surface area contributed by atoms with Gasteiger partial charge in [-0.25, -0.2) is 5.01 Å². The molecule has 0 aromatic carbocycles. The number of rotatable bonds is 6. The summed E-state index contributed by atoms with van der Waals surface area (Å²) in [6.07, 6.45) is 2.11. The van der Waals surface area contributed by atoms with Gasteiger partial charge in [0.1, 0.15) is 5.82 Å². The first kappa shape index (κ1) is 14.1. The third-order valence-corrected chi connectivity index (χ3v) is 2.92. The number of hydrazine groups is 1. The Morgan fingerprint density at radius 2 is 2.06 bits per heavy atom. The van der Waals surface area contributed by atoms with E-state index in [2.05, 4.69) is 59.6 Å². The molecule has 2 N–H and O–H groups in total. The quantitative estimate of drug-likeness (QED) is 0.705. The molecule has 0 spiro atoms. The van der Waals surface area contributed by atoms with E-state index in [1.807, 2.05) is 7.05 Å². The molecule has 5 nitrogen and oxygen atoms in total. The molecule has 0 aromatic heterocycles. The number of likely N-dealkylation sites (N-methyl/N-ethyl adjacent to an activating group) is 1. The highest BCUT2D eigenvalue weighted by Gasteiger charge is 2.13. The fourth-order valence-corrected chi connectivity index (χ4v) is 2.12. The normalized spacial score (nSPS) is 18.9. The smallest absolute Gasteiger partial charge is 0.130 e. The Balaban J connectivity index is 2.42. The van der Waals surface area contributed by atoms with Gasteiger partial charge >= 0.3 is 0 Å². The van der Waals surface area contributed by atoms with Crippen LogP contribution >= 0.6 is 0 Å². The van der Waals surface area contributed by atoms with Gasteiger partial charge in [-0.15, -0.1) is 0 Å². The molecule has 0 aliphatic carbocycles. The highest BCUT2D eigenvalue weighted by Crippen LogP contribution is 2.01. The molecule has 1 aliphatic rings. The van der Waals surface area contributed by atoms with Gasteiger partial charge in [-0.05, 0) is 20.0 Å². The van der Waals surface area contributed by atoms with Gasteiger partial charge in [0.2, 0.25) is 0 Å².